The van der Waals surface area contributed by atoms with E-state index in [2.05, 4.69) is 10.6 Å². The summed E-state index contributed by atoms with van der Waals surface area (Å²) in [6, 6.07) is 9.35. The van der Waals surface area contributed by atoms with Gasteiger partial charge in [-0.25, -0.2) is 0 Å². The Labute approximate surface area is 269 Å². The van der Waals surface area contributed by atoms with Gasteiger partial charge < -0.3 is 41.6 Å². The number of aldehydes is 1. The molecule has 4 saturated carbocycles. The summed E-state index contributed by atoms with van der Waals surface area (Å²) >= 11 is 0. The van der Waals surface area contributed by atoms with E-state index in [0.717, 1.165) is 75.2 Å². The first-order valence-electron chi connectivity index (χ1n) is 16.6. The number of phenols is 4. The van der Waals surface area contributed by atoms with Crippen molar-refractivity contribution in [3.8, 4) is 23.0 Å². The second-order valence-electron chi connectivity index (χ2n) is 15.1. The molecule has 248 valence electrons. The first-order valence-corrected chi connectivity index (χ1v) is 16.6. The van der Waals surface area contributed by atoms with Crippen LogP contribution in [0.3, 0.4) is 0 Å². The van der Waals surface area contributed by atoms with Crippen LogP contribution in [0.25, 0.3) is 0 Å². The lowest BCUT2D eigenvalue weighted by Gasteiger charge is -2.67. The Morgan fingerprint density at radius 3 is 1.76 bits per heavy atom. The molecule has 6 rings (SSSR count). The summed E-state index contributed by atoms with van der Waals surface area (Å²) in [5, 5.41) is 44.6. The zero-order chi connectivity index (χ0) is 32.8. The average molecular weight is 634 g/mol. The van der Waals surface area contributed by atoms with Gasteiger partial charge in [0.05, 0.1) is 0 Å². The standard InChI is InChI=1S/C36H47N3O7/c37-35-19-32(10-1-15-40)18-33(11-6-30(45)38-13-8-24-2-4-26(41)28(43)16-24)21-34(22-35,36(33,20-32)23-35)12-7-31(46)39-14-9-25-3-5-27(42)29(44)17-25/h2-5,15-17,41-44H,1,6-14,18-23,37H2,(H,38,45)(H,39,46). The van der Waals surface area contributed by atoms with E-state index in [9.17, 15) is 34.8 Å². The van der Waals surface area contributed by atoms with Gasteiger partial charge in [0, 0.05) is 37.9 Å². The van der Waals surface area contributed by atoms with E-state index in [1.165, 1.54) is 24.3 Å². The number of amides is 2. The SMILES string of the molecule is NC12CC3(CCC=O)CC4(CCC(=O)NCCc5ccc(O)c(O)c5)CC(CCC(=O)NCCc5ccc(O)c(O)c5)(C1)C4(C2)C3. The minimum atomic E-state index is -0.311. The highest BCUT2D eigenvalue weighted by Crippen LogP contribution is 2.91. The summed E-state index contributed by atoms with van der Waals surface area (Å²) in [4.78, 5) is 37.6. The van der Waals surface area contributed by atoms with E-state index in [4.69, 9.17) is 5.73 Å². The zero-order valence-electron chi connectivity index (χ0n) is 26.4. The van der Waals surface area contributed by atoms with Crippen LogP contribution in [0.4, 0.5) is 0 Å². The minimum absolute atomic E-state index is 0.00143. The molecule has 3 bridgehead atoms. The van der Waals surface area contributed by atoms with Crippen LogP contribution in [0.2, 0.25) is 0 Å². The van der Waals surface area contributed by atoms with Gasteiger partial charge in [-0.2, -0.15) is 0 Å². The summed E-state index contributed by atoms with van der Waals surface area (Å²) in [6.45, 7) is 0.868. The topological polar surface area (TPSA) is 182 Å². The van der Waals surface area contributed by atoms with Crippen LogP contribution in [0.1, 0.15) is 88.2 Å². The van der Waals surface area contributed by atoms with Gasteiger partial charge in [-0.15, -0.1) is 0 Å². The Morgan fingerprint density at radius 1 is 0.696 bits per heavy atom. The van der Waals surface area contributed by atoms with Crippen LogP contribution >= 0.6 is 0 Å². The fourth-order valence-corrected chi connectivity index (χ4v) is 11.0. The average Bonchev–Trinajstić information content (AvgIpc) is 3.27. The fraction of sp³-hybridized carbons (Fsp3) is 0.583. The van der Waals surface area contributed by atoms with Crippen molar-refractivity contribution in [3.05, 3.63) is 47.5 Å². The Kier molecular flexibility index (Phi) is 8.24. The van der Waals surface area contributed by atoms with Gasteiger partial charge in [0.25, 0.3) is 0 Å². The predicted molar refractivity (Wildman–Crippen MR) is 171 cm³/mol. The quantitative estimate of drug-likeness (QED) is 0.113. The largest absolute Gasteiger partial charge is 0.504 e. The molecule has 46 heavy (non-hydrogen) atoms. The maximum Gasteiger partial charge on any atom is 0.220 e. The Hall–Kier alpha value is -3.79. The Bertz CT molecular complexity index is 1530. The third kappa shape index (κ3) is 5.58. The molecular weight excluding hydrogens is 586 g/mol. The summed E-state index contributed by atoms with van der Waals surface area (Å²) in [7, 11) is 0. The molecule has 0 aliphatic heterocycles. The molecule has 0 aromatic heterocycles. The lowest BCUT2D eigenvalue weighted by atomic mass is 9.37. The van der Waals surface area contributed by atoms with Crippen molar-refractivity contribution in [1.29, 1.82) is 0 Å². The molecule has 8 N–H and O–H groups in total. The molecule has 10 heteroatoms. The number of hydrogen-bond donors (Lipinski definition) is 7. The predicted octanol–water partition coefficient (Wildman–Crippen LogP) is 4.10. The lowest BCUT2D eigenvalue weighted by Crippen LogP contribution is -2.60. The summed E-state index contributed by atoms with van der Waals surface area (Å²) in [6.07, 6.45) is 11.5. The summed E-state index contributed by atoms with van der Waals surface area (Å²) in [5.41, 5.74) is 8.42. The third-order valence-electron chi connectivity index (χ3n) is 12.2. The van der Waals surface area contributed by atoms with Crippen LogP contribution < -0.4 is 16.4 Å². The van der Waals surface area contributed by atoms with Crippen LogP contribution in [0.5, 0.6) is 23.0 Å². The van der Waals surface area contributed by atoms with Crippen LogP contribution in [-0.4, -0.2) is 57.2 Å². The second kappa shape index (κ2) is 11.8. The van der Waals surface area contributed by atoms with Crippen LogP contribution in [0.15, 0.2) is 36.4 Å². The lowest BCUT2D eigenvalue weighted by molar-refractivity contribution is -0.189. The first kappa shape index (κ1) is 32.2. The highest BCUT2D eigenvalue weighted by atomic mass is 16.3. The number of fused-ring (bicyclic) bond motifs is 2. The molecule has 10 nitrogen and oxygen atoms in total. The van der Waals surface area contributed by atoms with Crippen LogP contribution in [0, 0.1) is 21.7 Å². The van der Waals surface area contributed by atoms with Crippen molar-refractivity contribution >= 4 is 18.1 Å². The summed E-state index contributed by atoms with van der Waals surface area (Å²) in [5.74, 6) is -0.702. The molecule has 4 aliphatic carbocycles. The number of aromatic hydroxyl groups is 4. The van der Waals surface area contributed by atoms with Crippen LogP contribution in [-0.2, 0) is 27.2 Å². The highest BCUT2D eigenvalue weighted by molar-refractivity contribution is 5.76. The highest BCUT2D eigenvalue weighted by Gasteiger charge is 2.84. The van der Waals surface area contributed by atoms with Crippen molar-refractivity contribution in [2.75, 3.05) is 13.1 Å². The molecule has 2 aromatic rings. The number of carbonyl (C=O) groups is 3. The summed E-state index contributed by atoms with van der Waals surface area (Å²) < 4.78 is 0. The number of benzene rings is 2. The molecule has 0 heterocycles. The monoisotopic (exact) mass is 633 g/mol. The molecule has 1 spiro atoms. The van der Waals surface area contributed by atoms with E-state index in [1.54, 1.807) is 12.1 Å². The third-order valence-corrected chi connectivity index (χ3v) is 12.2. The van der Waals surface area contributed by atoms with Crippen molar-refractivity contribution in [2.24, 2.45) is 27.4 Å². The van der Waals surface area contributed by atoms with Crippen molar-refractivity contribution in [2.45, 2.75) is 95.4 Å². The van der Waals surface area contributed by atoms with Gasteiger partial charge in [0.2, 0.25) is 11.8 Å². The van der Waals surface area contributed by atoms with E-state index < -0.39 is 0 Å². The maximum absolute atomic E-state index is 13.1. The molecule has 2 amide bonds. The number of rotatable bonds is 15. The molecule has 4 aliphatic rings. The Morgan fingerprint density at radius 2 is 1.24 bits per heavy atom. The molecule has 4 fully saturated rings. The number of hydrogen-bond acceptors (Lipinski definition) is 8. The van der Waals surface area contributed by atoms with Gasteiger partial charge in [-0.1, -0.05) is 12.1 Å². The molecule has 5 unspecified atom stereocenters. The van der Waals surface area contributed by atoms with Gasteiger partial charge >= 0.3 is 0 Å². The maximum atomic E-state index is 13.1. The molecule has 2 aromatic carbocycles. The Balaban J connectivity index is 1.09. The van der Waals surface area contributed by atoms with Crippen molar-refractivity contribution in [1.82, 2.24) is 10.6 Å². The smallest absolute Gasteiger partial charge is 0.220 e. The first-order chi connectivity index (χ1) is 21.9. The number of nitrogens with one attached hydrogen (secondary N) is 2. The number of carbonyl (C=O) groups excluding carboxylic acids is 3. The minimum Gasteiger partial charge on any atom is -0.504 e. The fourth-order valence-electron chi connectivity index (χ4n) is 11.0. The molecule has 0 saturated heterocycles. The van der Waals surface area contributed by atoms with Gasteiger partial charge in [-0.05, 0) is 128 Å². The van der Waals surface area contributed by atoms with E-state index in [1.807, 2.05) is 0 Å². The molecular formula is C36H47N3O7. The van der Waals surface area contributed by atoms with Crippen molar-refractivity contribution < 1.29 is 34.8 Å². The molecule has 5 atom stereocenters. The van der Waals surface area contributed by atoms with Crippen molar-refractivity contribution in [3.63, 3.8) is 0 Å². The molecule has 0 radical (unpaired) electrons. The van der Waals surface area contributed by atoms with Gasteiger partial charge in [0.1, 0.15) is 6.29 Å². The van der Waals surface area contributed by atoms with Gasteiger partial charge in [0.15, 0.2) is 23.0 Å². The second-order valence-corrected chi connectivity index (χ2v) is 15.1. The normalized spacial score (nSPS) is 31.7. The van der Waals surface area contributed by atoms with E-state index in [-0.39, 0.29) is 62.0 Å². The van der Waals surface area contributed by atoms with E-state index >= 15 is 0 Å². The van der Waals surface area contributed by atoms with E-state index in [0.29, 0.717) is 45.2 Å². The van der Waals surface area contributed by atoms with Gasteiger partial charge in [-0.3, -0.25) is 9.59 Å². The number of nitrogens with two attached hydrogens (primary N) is 1. The zero-order valence-corrected chi connectivity index (χ0v) is 26.4. The number of phenolic OH excluding ortho intramolecular Hbond substituents is 4.